The predicted molar refractivity (Wildman–Crippen MR) is 99.3 cm³/mol. The first kappa shape index (κ1) is 15.2. The first-order valence-corrected chi connectivity index (χ1v) is 8.47. The number of aromatic nitrogens is 3. The number of rotatable bonds is 4. The lowest BCUT2D eigenvalue weighted by Gasteiger charge is -2.08. The zero-order valence-electron chi connectivity index (χ0n) is 13.0. The summed E-state index contributed by atoms with van der Waals surface area (Å²) < 4.78 is 0. The molecule has 2 N–H and O–H groups in total. The molecule has 122 valence electrons. The fourth-order valence-electron chi connectivity index (χ4n) is 2.39. The summed E-state index contributed by atoms with van der Waals surface area (Å²) in [7, 11) is 0. The summed E-state index contributed by atoms with van der Waals surface area (Å²) in [5.41, 5.74) is 1.71. The summed E-state index contributed by atoms with van der Waals surface area (Å²) in [5.74, 6) is 0.788. The number of carbonyl (C=O) groups excluding carboxylic acids is 1. The Labute approximate surface area is 147 Å². The van der Waals surface area contributed by atoms with E-state index in [-0.39, 0.29) is 5.91 Å². The molecule has 0 spiro atoms. The number of hydrogen-bond donors (Lipinski definition) is 2. The second kappa shape index (κ2) is 6.66. The maximum atomic E-state index is 12.0. The lowest BCUT2D eigenvalue weighted by atomic mass is 10.2. The van der Waals surface area contributed by atoms with Gasteiger partial charge >= 0.3 is 0 Å². The Bertz CT molecular complexity index is 1010. The Morgan fingerprint density at radius 3 is 2.56 bits per heavy atom. The van der Waals surface area contributed by atoms with E-state index in [1.807, 2.05) is 41.8 Å². The van der Waals surface area contributed by atoms with Gasteiger partial charge in [0.2, 0.25) is 0 Å². The molecule has 0 atom stereocenters. The molecule has 7 heteroatoms. The minimum absolute atomic E-state index is 0.191. The van der Waals surface area contributed by atoms with E-state index in [1.54, 1.807) is 24.4 Å². The molecule has 3 aromatic heterocycles. The number of nitrogens with zero attached hydrogens (tertiary/aromatic N) is 3. The van der Waals surface area contributed by atoms with Gasteiger partial charge in [0.1, 0.15) is 0 Å². The molecule has 0 bridgehead atoms. The summed E-state index contributed by atoms with van der Waals surface area (Å²) in [6.45, 7) is 0. The molecule has 0 saturated heterocycles. The van der Waals surface area contributed by atoms with Crippen molar-refractivity contribution >= 4 is 45.5 Å². The van der Waals surface area contributed by atoms with Crippen LogP contribution in [0.3, 0.4) is 0 Å². The van der Waals surface area contributed by atoms with Crippen molar-refractivity contribution in [2.24, 2.45) is 0 Å². The van der Waals surface area contributed by atoms with Gasteiger partial charge < -0.3 is 10.6 Å². The number of nitrogens with one attached hydrogen (secondary N) is 2. The zero-order valence-corrected chi connectivity index (χ0v) is 13.8. The third-order valence-electron chi connectivity index (χ3n) is 3.55. The van der Waals surface area contributed by atoms with Crippen LogP contribution in [-0.2, 0) is 0 Å². The summed E-state index contributed by atoms with van der Waals surface area (Å²) >= 11 is 1.38. The van der Waals surface area contributed by atoms with E-state index >= 15 is 0 Å². The highest BCUT2D eigenvalue weighted by atomic mass is 32.1. The molecule has 0 saturated carbocycles. The predicted octanol–water partition coefficient (Wildman–Crippen LogP) is 4.08. The largest absolute Gasteiger partial charge is 0.337 e. The molecular weight excluding hydrogens is 334 g/mol. The number of carbonyl (C=O) groups is 1. The van der Waals surface area contributed by atoms with Crippen molar-refractivity contribution in [1.82, 2.24) is 15.2 Å². The molecular formula is C18H13N5OS. The Balaban J connectivity index is 1.51. The van der Waals surface area contributed by atoms with Crippen molar-refractivity contribution in [1.29, 1.82) is 0 Å². The third kappa shape index (κ3) is 3.31. The van der Waals surface area contributed by atoms with Crippen LogP contribution < -0.4 is 10.6 Å². The molecule has 1 amide bonds. The van der Waals surface area contributed by atoms with Crippen LogP contribution in [0.25, 0.3) is 10.9 Å². The number of hydrogen-bond acceptors (Lipinski definition) is 6. The maximum absolute atomic E-state index is 12.0. The van der Waals surface area contributed by atoms with Crippen LogP contribution in [0.1, 0.15) is 9.67 Å². The second-order valence-corrected chi connectivity index (χ2v) is 6.19. The summed E-state index contributed by atoms with van der Waals surface area (Å²) in [6.07, 6.45) is 1.75. The molecule has 1 aromatic carbocycles. The summed E-state index contributed by atoms with van der Waals surface area (Å²) in [4.78, 5) is 17.0. The van der Waals surface area contributed by atoms with E-state index in [2.05, 4.69) is 25.8 Å². The molecule has 0 radical (unpaired) electrons. The van der Waals surface area contributed by atoms with Crippen LogP contribution in [0.15, 0.2) is 66.2 Å². The van der Waals surface area contributed by atoms with Crippen LogP contribution in [0.2, 0.25) is 0 Å². The molecule has 0 aliphatic rings. The van der Waals surface area contributed by atoms with Crippen molar-refractivity contribution in [2.75, 3.05) is 10.6 Å². The monoisotopic (exact) mass is 347 g/mol. The molecule has 4 aromatic rings. The second-order valence-electron chi connectivity index (χ2n) is 5.24. The molecule has 6 nitrogen and oxygen atoms in total. The lowest BCUT2D eigenvalue weighted by Crippen LogP contribution is -2.12. The Morgan fingerprint density at radius 2 is 1.76 bits per heavy atom. The van der Waals surface area contributed by atoms with E-state index in [4.69, 9.17) is 0 Å². The number of pyridine rings is 1. The highest BCUT2D eigenvalue weighted by molar-refractivity contribution is 7.12. The van der Waals surface area contributed by atoms with E-state index in [1.165, 1.54) is 11.3 Å². The average molecular weight is 347 g/mol. The molecule has 3 heterocycles. The van der Waals surface area contributed by atoms with E-state index < -0.39 is 0 Å². The fourth-order valence-corrected chi connectivity index (χ4v) is 3.01. The number of fused-ring (bicyclic) bond motifs is 1. The van der Waals surface area contributed by atoms with Gasteiger partial charge in [0.05, 0.1) is 16.1 Å². The van der Waals surface area contributed by atoms with Gasteiger partial charge in [-0.2, -0.15) is 0 Å². The van der Waals surface area contributed by atoms with Crippen molar-refractivity contribution in [3.63, 3.8) is 0 Å². The van der Waals surface area contributed by atoms with Gasteiger partial charge in [0.15, 0.2) is 11.6 Å². The van der Waals surface area contributed by atoms with Crippen molar-refractivity contribution in [3.05, 3.63) is 71.1 Å². The van der Waals surface area contributed by atoms with Gasteiger partial charge in [0.25, 0.3) is 5.91 Å². The highest BCUT2D eigenvalue weighted by Crippen LogP contribution is 2.23. The van der Waals surface area contributed by atoms with Crippen LogP contribution in [0.5, 0.6) is 0 Å². The molecule has 25 heavy (non-hydrogen) atoms. The molecule has 0 fully saturated rings. The molecule has 4 rings (SSSR count). The Morgan fingerprint density at radius 1 is 0.920 bits per heavy atom. The highest BCUT2D eigenvalue weighted by Gasteiger charge is 2.08. The van der Waals surface area contributed by atoms with Crippen molar-refractivity contribution in [2.45, 2.75) is 0 Å². The smallest absolute Gasteiger partial charge is 0.266 e. The third-order valence-corrected chi connectivity index (χ3v) is 4.42. The minimum atomic E-state index is -0.191. The lowest BCUT2D eigenvalue weighted by molar-refractivity contribution is 0.103. The summed E-state index contributed by atoms with van der Waals surface area (Å²) in [6, 6.07) is 16.9. The fraction of sp³-hybridized carbons (Fsp3) is 0. The van der Waals surface area contributed by atoms with Gasteiger partial charge in [0, 0.05) is 11.6 Å². The van der Waals surface area contributed by atoms with E-state index in [9.17, 15) is 4.79 Å². The number of thiophene rings is 1. The molecule has 0 unspecified atom stereocenters. The van der Waals surface area contributed by atoms with Gasteiger partial charge in [-0.05, 0) is 35.7 Å². The van der Waals surface area contributed by atoms with E-state index in [0.717, 1.165) is 16.6 Å². The minimum Gasteiger partial charge on any atom is -0.337 e. The first-order chi connectivity index (χ1) is 12.3. The zero-order chi connectivity index (χ0) is 17.1. The number of benzene rings is 1. The standard InChI is InChI=1S/C18H13N5OS/c24-18(14-7-3-11-25-14)21-16-9-8-15(22-23-16)20-13-6-1-4-12-5-2-10-19-17(12)13/h1-11H,(H,20,22)(H,21,23,24). The number of para-hydroxylation sites is 1. The molecule has 0 aliphatic carbocycles. The Hall–Kier alpha value is -3.32. The van der Waals surface area contributed by atoms with Gasteiger partial charge in [-0.3, -0.25) is 9.78 Å². The van der Waals surface area contributed by atoms with Gasteiger partial charge in [-0.15, -0.1) is 21.5 Å². The average Bonchev–Trinajstić information content (AvgIpc) is 3.19. The summed E-state index contributed by atoms with van der Waals surface area (Å²) in [5, 5.41) is 17.0. The van der Waals surface area contributed by atoms with Crippen LogP contribution >= 0.6 is 11.3 Å². The van der Waals surface area contributed by atoms with Gasteiger partial charge in [-0.25, -0.2) is 0 Å². The van der Waals surface area contributed by atoms with Crippen LogP contribution in [0, 0.1) is 0 Å². The topological polar surface area (TPSA) is 79.8 Å². The quantitative estimate of drug-likeness (QED) is 0.581. The van der Waals surface area contributed by atoms with Crippen molar-refractivity contribution < 1.29 is 4.79 Å². The van der Waals surface area contributed by atoms with Crippen molar-refractivity contribution in [3.8, 4) is 0 Å². The van der Waals surface area contributed by atoms with E-state index in [0.29, 0.717) is 16.5 Å². The van der Waals surface area contributed by atoms with Crippen LogP contribution in [-0.4, -0.2) is 21.1 Å². The SMILES string of the molecule is O=C(Nc1ccc(Nc2cccc3cccnc23)nn1)c1cccs1. The number of anilines is 3. The Kier molecular flexibility index (Phi) is 4.05. The molecule has 0 aliphatic heterocycles. The normalized spacial score (nSPS) is 10.6. The maximum Gasteiger partial charge on any atom is 0.266 e. The van der Waals surface area contributed by atoms with Gasteiger partial charge in [-0.1, -0.05) is 24.3 Å². The van der Waals surface area contributed by atoms with Crippen LogP contribution in [0.4, 0.5) is 17.3 Å². The first-order valence-electron chi connectivity index (χ1n) is 7.59. The number of amides is 1.